The molecule has 2 unspecified atom stereocenters. The van der Waals surface area contributed by atoms with Crippen molar-refractivity contribution in [3.8, 4) is 0 Å². The van der Waals surface area contributed by atoms with Crippen LogP contribution in [0.15, 0.2) is 42.5 Å². The summed E-state index contributed by atoms with van der Waals surface area (Å²) in [5.74, 6) is -1.19. The monoisotopic (exact) mass is 448 g/mol. The van der Waals surface area contributed by atoms with Crippen LogP contribution in [0.3, 0.4) is 0 Å². The second-order valence-electron chi connectivity index (χ2n) is 5.35. The Balaban J connectivity index is 1.87. The molecule has 24 heavy (non-hydrogen) atoms. The zero-order valence-corrected chi connectivity index (χ0v) is 14.2. The maximum atomic E-state index is 14.0. The Morgan fingerprint density at radius 2 is 1.92 bits per heavy atom. The number of carbonyl (C=O) groups excluding carboxylic acids is 1. The van der Waals surface area contributed by atoms with Gasteiger partial charge in [-0.25, -0.2) is 9.71 Å². The first kappa shape index (κ1) is 17.2. The number of nitrogens with one attached hydrogen (secondary N) is 2. The molecule has 1 aliphatic heterocycles. The van der Waals surface area contributed by atoms with E-state index in [1.165, 1.54) is 24.3 Å². The summed E-state index contributed by atoms with van der Waals surface area (Å²) in [5.41, 5.74) is 0.512. The number of hydrogen-bond acceptors (Lipinski definition) is 4. The molecule has 3 N–H and O–H groups in total. The number of Topliss-reactive ketones (excluding diaryl/α,β-unsaturated/α-hetero) is 1. The number of ketones is 1. The van der Waals surface area contributed by atoms with Gasteiger partial charge in [-0.15, -0.1) is 0 Å². The fourth-order valence-corrected chi connectivity index (χ4v) is 2.86. The van der Waals surface area contributed by atoms with Gasteiger partial charge in [-0.05, 0) is 52.9 Å². The molecule has 0 spiro atoms. The summed E-state index contributed by atoms with van der Waals surface area (Å²) in [6.45, 7) is 0. The number of benzene rings is 2. The van der Waals surface area contributed by atoms with E-state index >= 15 is 0 Å². The Morgan fingerprint density at radius 3 is 2.54 bits per heavy atom. The number of carbonyl (C=O) groups is 1. The highest BCUT2D eigenvalue weighted by atomic mass is 127. The summed E-state index contributed by atoms with van der Waals surface area (Å²) < 4.78 is 40.7. The molecular formula is C16H12F3IN2O2. The van der Waals surface area contributed by atoms with Crippen LogP contribution in [0.4, 0.5) is 24.5 Å². The smallest absolute Gasteiger partial charge is 0.330 e. The summed E-state index contributed by atoms with van der Waals surface area (Å²) >= 11 is 1.97. The Hall–Kier alpha value is -1.65. The second-order valence-corrected chi connectivity index (χ2v) is 6.59. The molecule has 8 heteroatoms. The topological polar surface area (TPSA) is 61.4 Å². The molecule has 0 aromatic heterocycles. The van der Waals surface area contributed by atoms with Gasteiger partial charge in [0, 0.05) is 14.8 Å². The number of alkyl halides is 2. The third-order valence-electron chi connectivity index (χ3n) is 3.71. The maximum absolute atomic E-state index is 14.0. The lowest BCUT2D eigenvalue weighted by atomic mass is 9.91. The van der Waals surface area contributed by atoms with E-state index in [9.17, 15) is 23.1 Å². The van der Waals surface area contributed by atoms with Gasteiger partial charge in [0.05, 0.1) is 5.69 Å². The van der Waals surface area contributed by atoms with Crippen LogP contribution < -0.4 is 10.6 Å². The summed E-state index contributed by atoms with van der Waals surface area (Å²) in [5, 5.41) is 13.9. The zero-order valence-electron chi connectivity index (χ0n) is 12.1. The molecule has 0 saturated carbocycles. The van der Waals surface area contributed by atoms with Gasteiger partial charge in [-0.3, -0.25) is 4.79 Å². The van der Waals surface area contributed by atoms with Crippen LogP contribution in [-0.2, 0) is 0 Å². The number of rotatable bonds is 4. The molecule has 0 radical (unpaired) electrons. The third-order valence-corrected chi connectivity index (χ3v) is 4.38. The van der Waals surface area contributed by atoms with Gasteiger partial charge < -0.3 is 10.4 Å². The van der Waals surface area contributed by atoms with Crippen LogP contribution in [0, 0.1) is 9.39 Å². The quantitative estimate of drug-likeness (QED) is 0.382. The summed E-state index contributed by atoms with van der Waals surface area (Å²) in [7, 11) is 0. The molecule has 3 rings (SSSR count). The van der Waals surface area contributed by atoms with Gasteiger partial charge in [0.2, 0.25) is 0 Å². The van der Waals surface area contributed by atoms with Crippen molar-refractivity contribution in [3.63, 3.8) is 0 Å². The van der Waals surface area contributed by atoms with Crippen LogP contribution in [0.5, 0.6) is 0 Å². The highest BCUT2D eigenvalue weighted by molar-refractivity contribution is 14.1. The van der Waals surface area contributed by atoms with Crippen molar-refractivity contribution < 1.29 is 23.1 Å². The Labute approximate surface area is 149 Å². The molecule has 4 nitrogen and oxygen atoms in total. The molecular weight excluding hydrogens is 436 g/mol. The largest absolute Gasteiger partial charge is 0.383 e. The van der Waals surface area contributed by atoms with Crippen molar-refractivity contribution >= 4 is 39.7 Å². The summed E-state index contributed by atoms with van der Waals surface area (Å²) in [6.07, 6.45) is -2.09. The van der Waals surface area contributed by atoms with E-state index < -0.39 is 29.8 Å². The van der Waals surface area contributed by atoms with Gasteiger partial charge in [0.1, 0.15) is 11.9 Å². The lowest BCUT2D eigenvalue weighted by Crippen LogP contribution is -2.73. The van der Waals surface area contributed by atoms with E-state index in [0.717, 1.165) is 0 Å². The average Bonchev–Trinajstić information content (AvgIpc) is 2.55. The van der Waals surface area contributed by atoms with Crippen LogP contribution in [0.2, 0.25) is 0 Å². The molecule has 0 aliphatic carbocycles. The Kier molecular flexibility index (Phi) is 4.54. The van der Waals surface area contributed by atoms with E-state index in [-0.39, 0.29) is 16.9 Å². The number of halogens is 4. The fourth-order valence-electron chi connectivity index (χ4n) is 2.40. The van der Waals surface area contributed by atoms with Crippen molar-refractivity contribution in [1.29, 1.82) is 0 Å². The molecule has 1 heterocycles. The molecule has 1 saturated heterocycles. The normalized spacial score (nSPS) is 21.9. The van der Waals surface area contributed by atoms with E-state index in [2.05, 4.69) is 5.32 Å². The first-order valence-electron chi connectivity index (χ1n) is 6.98. The lowest BCUT2D eigenvalue weighted by molar-refractivity contribution is -0.207. The fraction of sp³-hybridized carbons (Fsp3) is 0.188. The summed E-state index contributed by atoms with van der Waals surface area (Å²) in [4.78, 5) is 12.4. The van der Waals surface area contributed by atoms with Gasteiger partial charge in [0.25, 0.3) is 0 Å². The van der Waals surface area contributed by atoms with Crippen LogP contribution >= 0.6 is 22.6 Å². The van der Waals surface area contributed by atoms with E-state index in [4.69, 9.17) is 0 Å². The lowest BCUT2D eigenvalue weighted by Gasteiger charge is -2.41. The SMILES string of the molecule is O=C(c1ccccc1Nc1ccc(I)cc1F)C1NC(F)(F)C1O. The van der Waals surface area contributed by atoms with E-state index in [0.29, 0.717) is 3.57 Å². The van der Waals surface area contributed by atoms with Crippen molar-refractivity contribution in [2.75, 3.05) is 5.32 Å². The number of hydrogen-bond donors (Lipinski definition) is 3. The van der Waals surface area contributed by atoms with Crippen molar-refractivity contribution in [2.24, 2.45) is 0 Å². The number of para-hydroxylation sites is 1. The highest BCUT2D eigenvalue weighted by Gasteiger charge is 2.58. The third kappa shape index (κ3) is 3.13. The molecule has 126 valence electrons. The van der Waals surface area contributed by atoms with E-state index in [1.807, 2.05) is 22.6 Å². The highest BCUT2D eigenvalue weighted by Crippen LogP contribution is 2.32. The molecule has 0 amide bonds. The minimum Gasteiger partial charge on any atom is -0.383 e. The zero-order chi connectivity index (χ0) is 17.5. The molecule has 0 bridgehead atoms. The Bertz CT molecular complexity index is 801. The average molecular weight is 448 g/mol. The number of aliphatic hydroxyl groups is 1. The van der Waals surface area contributed by atoms with Crippen molar-refractivity contribution in [2.45, 2.75) is 18.2 Å². The molecule has 1 aliphatic rings. The first-order valence-corrected chi connectivity index (χ1v) is 8.06. The summed E-state index contributed by atoms with van der Waals surface area (Å²) in [6, 6.07) is 5.81. The van der Waals surface area contributed by atoms with Gasteiger partial charge >= 0.3 is 6.05 Å². The predicted molar refractivity (Wildman–Crippen MR) is 91.0 cm³/mol. The molecule has 1 fully saturated rings. The van der Waals surface area contributed by atoms with Gasteiger partial charge in [-0.2, -0.15) is 8.78 Å². The van der Waals surface area contributed by atoms with Crippen LogP contribution in [0.1, 0.15) is 10.4 Å². The van der Waals surface area contributed by atoms with Crippen molar-refractivity contribution in [3.05, 3.63) is 57.4 Å². The van der Waals surface area contributed by atoms with Gasteiger partial charge in [-0.1, -0.05) is 12.1 Å². The standard InChI is InChI=1S/C16H12F3IN2O2/c17-10-7-8(20)5-6-12(10)21-11-4-2-1-3-9(11)14(23)13-15(24)16(18,19)22-13/h1-7,13,15,21-22,24H. The first-order chi connectivity index (χ1) is 11.3. The molecule has 2 aromatic rings. The van der Waals surface area contributed by atoms with Gasteiger partial charge in [0.15, 0.2) is 11.9 Å². The Morgan fingerprint density at radius 1 is 1.21 bits per heavy atom. The van der Waals surface area contributed by atoms with E-state index in [1.54, 1.807) is 23.5 Å². The van der Waals surface area contributed by atoms with Crippen LogP contribution in [-0.4, -0.2) is 29.1 Å². The number of anilines is 2. The maximum Gasteiger partial charge on any atom is 0.330 e. The van der Waals surface area contributed by atoms with Crippen LogP contribution in [0.25, 0.3) is 0 Å². The van der Waals surface area contributed by atoms with Crippen molar-refractivity contribution in [1.82, 2.24) is 5.32 Å². The molecule has 2 atom stereocenters. The molecule has 2 aromatic carbocycles. The second kappa shape index (κ2) is 6.34. The minimum atomic E-state index is -3.48. The predicted octanol–water partition coefficient (Wildman–Crippen LogP) is 3.28. The number of aliphatic hydroxyl groups excluding tert-OH is 1. The minimum absolute atomic E-state index is 0.0856.